The van der Waals surface area contributed by atoms with Crippen molar-refractivity contribution in [1.82, 2.24) is 0 Å². The van der Waals surface area contributed by atoms with Crippen LogP contribution in [0.4, 0.5) is 0 Å². The van der Waals surface area contributed by atoms with Crippen molar-refractivity contribution < 1.29 is 4.74 Å². The van der Waals surface area contributed by atoms with Gasteiger partial charge in [-0.25, -0.2) is 0 Å². The molecule has 0 bridgehead atoms. The minimum atomic E-state index is 0.612. The lowest BCUT2D eigenvalue weighted by Crippen LogP contribution is -2.20. The van der Waals surface area contributed by atoms with E-state index in [1.165, 1.54) is 41.6 Å². The van der Waals surface area contributed by atoms with Gasteiger partial charge >= 0.3 is 0 Å². The third-order valence-electron chi connectivity index (χ3n) is 2.35. The van der Waals surface area contributed by atoms with Gasteiger partial charge in [-0.1, -0.05) is 0 Å². The molecule has 0 radical (unpaired) electrons. The molecule has 0 amide bonds. The van der Waals surface area contributed by atoms with E-state index in [0.717, 1.165) is 11.9 Å². The molecule has 4 heteroatoms. The average Bonchev–Trinajstić information content (AvgIpc) is 2.90. The van der Waals surface area contributed by atoms with Crippen molar-refractivity contribution in [2.75, 3.05) is 35.4 Å². The Labute approximate surface area is 99.5 Å². The van der Waals surface area contributed by atoms with Crippen molar-refractivity contribution >= 4 is 35.3 Å². The van der Waals surface area contributed by atoms with Gasteiger partial charge in [0.25, 0.3) is 0 Å². The molecule has 2 aliphatic heterocycles. The zero-order valence-electron chi connectivity index (χ0n) is 8.44. The Morgan fingerprint density at radius 3 is 2.64 bits per heavy atom. The van der Waals surface area contributed by atoms with Crippen molar-refractivity contribution in [3.05, 3.63) is 0 Å². The number of epoxide rings is 1. The smallest absolute Gasteiger partial charge is 0.0900 e. The summed E-state index contributed by atoms with van der Waals surface area (Å²) < 4.78 is 5.16. The molecular formula is C10H18OS3. The first-order valence-electron chi connectivity index (χ1n) is 5.34. The first kappa shape index (κ1) is 11.5. The third kappa shape index (κ3) is 4.69. The molecule has 0 N–H and O–H groups in total. The zero-order valence-corrected chi connectivity index (χ0v) is 10.9. The molecule has 1 atom stereocenters. The number of hydrogen-bond donors (Lipinski definition) is 0. The minimum absolute atomic E-state index is 0.612. The molecule has 82 valence electrons. The first-order valence-corrected chi connectivity index (χ1v) is 8.69. The molecule has 0 saturated carbocycles. The number of rotatable bonds is 8. The van der Waals surface area contributed by atoms with E-state index in [9.17, 15) is 0 Å². The summed E-state index contributed by atoms with van der Waals surface area (Å²) in [6, 6.07) is 0. The van der Waals surface area contributed by atoms with Gasteiger partial charge in [0.2, 0.25) is 0 Å². The molecule has 0 aliphatic carbocycles. The van der Waals surface area contributed by atoms with Gasteiger partial charge < -0.3 is 4.74 Å². The lowest BCUT2D eigenvalue weighted by atomic mass is 10.4. The molecule has 0 aromatic rings. The standard InChI is InChI=1S/C10H18OS3/c1(3-12-6-9-5-11-9)2-4-14-10-7-13-8-10/h9-10H,1-8H2. The number of thioether (sulfide) groups is 3. The summed E-state index contributed by atoms with van der Waals surface area (Å²) in [7, 11) is 0. The van der Waals surface area contributed by atoms with Gasteiger partial charge in [-0.3, -0.25) is 0 Å². The van der Waals surface area contributed by atoms with Crippen LogP contribution in [0.5, 0.6) is 0 Å². The van der Waals surface area contributed by atoms with Gasteiger partial charge in [0.1, 0.15) is 0 Å². The van der Waals surface area contributed by atoms with E-state index in [1.54, 1.807) is 0 Å². The number of unbranched alkanes of at least 4 members (excludes halogenated alkanes) is 1. The van der Waals surface area contributed by atoms with Gasteiger partial charge in [-0.05, 0) is 24.3 Å². The highest BCUT2D eigenvalue weighted by molar-refractivity contribution is 8.07. The maximum atomic E-state index is 5.16. The van der Waals surface area contributed by atoms with Crippen molar-refractivity contribution in [3.63, 3.8) is 0 Å². The summed E-state index contributed by atoms with van der Waals surface area (Å²) >= 11 is 6.34. The summed E-state index contributed by atoms with van der Waals surface area (Å²) in [5.41, 5.74) is 0. The normalized spacial score (nSPS) is 26.1. The molecule has 0 aromatic heterocycles. The van der Waals surface area contributed by atoms with E-state index in [4.69, 9.17) is 4.74 Å². The maximum Gasteiger partial charge on any atom is 0.0900 e. The molecule has 2 rings (SSSR count). The fraction of sp³-hybridized carbons (Fsp3) is 1.00. The summed E-state index contributed by atoms with van der Waals surface area (Å²) in [5, 5.41) is 0.993. The molecule has 2 saturated heterocycles. The lowest BCUT2D eigenvalue weighted by molar-refractivity contribution is 0.426. The lowest BCUT2D eigenvalue weighted by Gasteiger charge is -2.23. The van der Waals surface area contributed by atoms with E-state index in [-0.39, 0.29) is 0 Å². The van der Waals surface area contributed by atoms with E-state index < -0.39 is 0 Å². The molecule has 0 aromatic carbocycles. The van der Waals surface area contributed by atoms with Crippen LogP contribution in [0.15, 0.2) is 0 Å². The Kier molecular flexibility index (Phi) is 5.39. The van der Waals surface area contributed by atoms with Gasteiger partial charge in [0.05, 0.1) is 12.7 Å². The number of ether oxygens (including phenoxy) is 1. The van der Waals surface area contributed by atoms with Crippen LogP contribution in [0.2, 0.25) is 0 Å². The van der Waals surface area contributed by atoms with Crippen molar-refractivity contribution in [2.24, 2.45) is 0 Å². The quantitative estimate of drug-likeness (QED) is 0.485. The topological polar surface area (TPSA) is 12.5 Å². The highest BCUT2D eigenvalue weighted by Gasteiger charge is 2.21. The van der Waals surface area contributed by atoms with Crippen LogP contribution in [0, 0.1) is 0 Å². The van der Waals surface area contributed by atoms with Crippen molar-refractivity contribution in [1.29, 1.82) is 0 Å². The second kappa shape index (κ2) is 6.56. The second-order valence-electron chi connectivity index (χ2n) is 3.77. The van der Waals surface area contributed by atoms with Crippen LogP contribution in [-0.4, -0.2) is 46.7 Å². The van der Waals surface area contributed by atoms with Crippen LogP contribution >= 0.6 is 35.3 Å². The maximum absolute atomic E-state index is 5.16. The molecule has 2 aliphatic rings. The van der Waals surface area contributed by atoms with E-state index in [0.29, 0.717) is 6.10 Å². The largest absolute Gasteiger partial charge is 0.372 e. The Hall–Kier alpha value is 1.01. The SMILES string of the molecule is C(CCSC1CSC1)CSCC1CO1. The zero-order chi connectivity index (χ0) is 9.64. The molecule has 1 unspecified atom stereocenters. The van der Waals surface area contributed by atoms with Crippen LogP contribution in [0.25, 0.3) is 0 Å². The Bertz CT molecular complexity index is 157. The predicted molar refractivity (Wildman–Crippen MR) is 69.9 cm³/mol. The molecular weight excluding hydrogens is 232 g/mol. The molecule has 1 nitrogen and oxygen atoms in total. The Morgan fingerprint density at radius 1 is 1.21 bits per heavy atom. The first-order chi connectivity index (χ1) is 6.95. The summed E-state index contributed by atoms with van der Waals surface area (Å²) in [6.07, 6.45) is 3.41. The Morgan fingerprint density at radius 2 is 2.00 bits per heavy atom. The number of hydrogen-bond acceptors (Lipinski definition) is 4. The third-order valence-corrected chi connectivity index (χ3v) is 6.56. The summed E-state index contributed by atoms with van der Waals surface area (Å²) in [5.74, 6) is 6.74. The van der Waals surface area contributed by atoms with Crippen LogP contribution < -0.4 is 0 Å². The molecule has 14 heavy (non-hydrogen) atoms. The van der Waals surface area contributed by atoms with Gasteiger partial charge in [0, 0.05) is 22.5 Å². The van der Waals surface area contributed by atoms with Gasteiger partial charge in [0.15, 0.2) is 0 Å². The second-order valence-corrected chi connectivity index (χ2v) is 7.40. The van der Waals surface area contributed by atoms with E-state index >= 15 is 0 Å². The van der Waals surface area contributed by atoms with Crippen LogP contribution in [-0.2, 0) is 4.74 Å². The fourth-order valence-corrected chi connectivity index (χ4v) is 4.76. The van der Waals surface area contributed by atoms with Crippen molar-refractivity contribution in [2.45, 2.75) is 24.2 Å². The highest BCUT2D eigenvalue weighted by atomic mass is 32.2. The molecule has 0 spiro atoms. The van der Waals surface area contributed by atoms with E-state index in [1.807, 2.05) is 0 Å². The summed E-state index contributed by atoms with van der Waals surface area (Å²) in [6.45, 7) is 1.02. The average molecular weight is 250 g/mol. The van der Waals surface area contributed by atoms with Crippen LogP contribution in [0.3, 0.4) is 0 Å². The highest BCUT2D eigenvalue weighted by Crippen LogP contribution is 2.29. The minimum Gasteiger partial charge on any atom is -0.372 e. The monoisotopic (exact) mass is 250 g/mol. The van der Waals surface area contributed by atoms with Gasteiger partial charge in [-0.2, -0.15) is 35.3 Å². The Balaban J connectivity index is 1.29. The van der Waals surface area contributed by atoms with Crippen LogP contribution in [0.1, 0.15) is 12.8 Å². The van der Waals surface area contributed by atoms with Gasteiger partial charge in [-0.15, -0.1) is 0 Å². The molecule has 2 fully saturated rings. The summed E-state index contributed by atoms with van der Waals surface area (Å²) in [4.78, 5) is 0. The fourth-order valence-electron chi connectivity index (χ4n) is 1.25. The predicted octanol–water partition coefficient (Wildman–Crippen LogP) is 2.75. The van der Waals surface area contributed by atoms with Crippen molar-refractivity contribution in [3.8, 4) is 0 Å². The molecule has 2 heterocycles. The van der Waals surface area contributed by atoms with E-state index in [2.05, 4.69) is 35.3 Å².